The van der Waals surface area contributed by atoms with E-state index in [1.165, 1.54) is 0 Å². The van der Waals surface area contributed by atoms with Crippen LogP contribution in [0.4, 0.5) is 0 Å². The Kier molecular flexibility index (Phi) is 11.6. The lowest BCUT2D eigenvalue weighted by atomic mass is 9.85. The van der Waals surface area contributed by atoms with Gasteiger partial charge >= 0.3 is 0 Å². The SMILES string of the molecule is COc1ccc([C@@H](O)COc2ccc(C3O[C@H](c4ccc(OC[C@H](O)c5ccc(OC)c(C)c5)c(OC)c4)[C@H](C)[C@H]3C)cc2OC)cc1C. The monoisotopic (exact) mass is 672 g/mol. The number of hydrogen-bond donors (Lipinski definition) is 2. The lowest BCUT2D eigenvalue weighted by molar-refractivity contribution is 0.0287. The molecule has 0 amide bonds. The predicted octanol–water partition coefficient (Wildman–Crippen LogP) is 7.65. The van der Waals surface area contributed by atoms with Crippen molar-refractivity contribution in [2.75, 3.05) is 41.7 Å². The second-order valence-electron chi connectivity index (χ2n) is 12.6. The summed E-state index contributed by atoms with van der Waals surface area (Å²) >= 11 is 0. The van der Waals surface area contributed by atoms with Gasteiger partial charge in [-0.3, -0.25) is 0 Å². The van der Waals surface area contributed by atoms with Crippen LogP contribution in [-0.4, -0.2) is 51.9 Å². The molecule has 9 heteroatoms. The zero-order valence-electron chi connectivity index (χ0n) is 29.6. The Bertz CT molecular complexity index is 1600. The molecule has 9 nitrogen and oxygen atoms in total. The molecule has 49 heavy (non-hydrogen) atoms. The molecule has 1 aliphatic heterocycles. The molecule has 0 aliphatic carbocycles. The zero-order chi connectivity index (χ0) is 35.2. The van der Waals surface area contributed by atoms with E-state index in [4.69, 9.17) is 33.2 Å². The van der Waals surface area contributed by atoms with E-state index in [1.54, 1.807) is 28.4 Å². The highest BCUT2D eigenvalue weighted by Crippen LogP contribution is 2.51. The maximum atomic E-state index is 10.8. The van der Waals surface area contributed by atoms with Crippen LogP contribution >= 0.6 is 0 Å². The number of aliphatic hydroxyl groups excluding tert-OH is 2. The van der Waals surface area contributed by atoms with Gasteiger partial charge in [0, 0.05) is 0 Å². The number of rotatable bonds is 14. The fourth-order valence-corrected chi connectivity index (χ4v) is 6.43. The van der Waals surface area contributed by atoms with Gasteiger partial charge in [-0.05, 0) is 108 Å². The third kappa shape index (κ3) is 7.90. The first kappa shape index (κ1) is 35.9. The quantitative estimate of drug-likeness (QED) is 0.140. The number of methoxy groups -OCH3 is 4. The average Bonchev–Trinajstić information content (AvgIpc) is 3.42. The van der Waals surface area contributed by atoms with Crippen LogP contribution in [0.15, 0.2) is 72.8 Å². The summed E-state index contributed by atoms with van der Waals surface area (Å²) in [6.45, 7) is 8.40. The Morgan fingerprint density at radius 1 is 0.531 bits per heavy atom. The standard InChI is InChI=1S/C40H48O9/c1-23-17-27(9-13-33(23)43-5)31(41)21-47-35-15-11-29(19-37(35)45-7)39-25(3)26(4)40(49-39)30-12-16-36(38(20-30)46-8)48-22-32(42)28-10-14-34(44-6)24(2)18-28/h9-20,25-26,31-32,39-42H,21-22H2,1-8H3/t25-,26-,31+,32+,39+,40?/m1/s1. The first-order valence-electron chi connectivity index (χ1n) is 16.5. The Morgan fingerprint density at radius 2 is 0.898 bits per heavy atom. The molecule has 1 fully saturated rings. The van der Waals surface area contributed by atoms with Crippen LogP contribution in [-0.2, 0) is 4.74 Å². The van der Waals surface area contributed by atoms with Crippen molar-refractivity contribution in [3.63, 3.8) is 0 Å². The van der Waals surface area contributed by atoms with Gasteiger partial charge in [0.05, 0.1) is 40.6 Å². The van der Waals surface area contributed by atoms with E-state index in [9.17, 15) is 10.2 Å². The van der Waals surface area contributed by atoms with Gasteiger partial charge in [-0.2, -0.15) is 0 Å². The molecular formula is C40H48O9. The summed E-state index contributed by atoms with van der Waals surface area (Å²) in [5, 5.41) is 21.6. The van der Waals surface area contributed by atoms with E-state index < -0.39 is 12.2 Å². The van der Waals surface area contributed by atoms with E-state index in [0.717, 1.165) is 44.9 Å². The highest BCUT2D eigenvalue weighted by Gasteiger charge is 2.41. The van der Waals surface area contributed by atoms with E-state index in [0.29, 0.717) is 23.0 Å². The molecule has 5 rings (SSSR count). The highest BCUT2D eigenvalue weighted by atomic mass is 16.5. The number of hydrogen-bond acceptors (Lipinski definition) is 9. The molecule has 0 saturated carbocycles. The molecule has 4 aromatic carbocycles. The van der Waals surface area contributed by atoms with Gasteiger partial charge < -0.3 is 43.4 Å². The Balaban J connectivity index is 1.25. The maximum absolute atomic E-state index is 10.8. The molecule has 1 heterocycles. The van der Waals surface area contributed by atoms with Crippen molar-refractivity contribution in [1.29, 1.82) is 0 Å². The summed E-state index contributed by atoms with van der Waals surface area (Å²) in [6, 6.07) is 22.8. The van der Waals surface area contributed by atoms with Gasteiger partial charge in [-0.15, -0.1) is 0 Å². The first-order chi connectivity index (χ1) is 23.6. The van der Waals surface area contributed by atoms with Crippen LogP contribution in [0.25, 0.3) is 0 Å². The van der Waals surface area contributed by atoms with E-state index in [-0.39, 0.29) is 37.3 Å². The van der Waals surface area contributed by atoms with Crippen molar-refractivity contribution in [3.05, 3.63) is 106 Å². The molecule has 1 aliphatic rings. The molecule has 0 bridgehead atoms. The van der Waals surface area contributed by atoms with Crippen molar-refractivity contribution in [1.82, 2.24) is 0 Å². The van der Waals surface area contributed by atoms with Crippen molar-refractivity contribution in [3.8, 4) is 34.5 Å². The van der Waals surface area contributed by atoms with Crippen molar-refractivity contribution in [2.24, 2.45) is 11.8 Å². The normalized spacial score (nSPS) is 20.0. The van der Waals surface area contributed by atoms with Crippen molar-refractivity contribution in [2.45, 2.75) is 52.1 Å². The van der Waals surface area contributed by atoms with Crippen LogP contribution in [0.1, 0.15) is 71.6 Å². The van der Waals surface area contributed by atoms with Crippen LogP contribution in [0, 0.1) is 25.7 Å². The summed E-state index contributed by atoms with van der Waals surface area (Å²) in [6.07, 6.45) is -1.99. The Labute approximate surface area is 289 Å². The van der Waals surface area contributed by atoms with Crippen molar-refractivity contribution < 1.29 is 43.4 Å². The smallest absolute Gasteiger partial charge is 0.161 e. The number of ether oxygens (including phenoxy) is 7. The molecule has 0 aromatic heterocycles. The maximum Gasteiger partial charge on any atom is 0.161 e. The first-order valence-corrected chi connectivity index (χ1v) is 16.5. The largest absolute Gasteiger partial charge is 0.496 e. The fourth-order valence-electron chi connectivity index (χ4n) is 6.43. The van der Waals surface area contributed by atoms with E-state index in [2.05, 4.69) is 13.8 Å². The molecule has 0 spiro atoms. The predicted molar refractivity (Wildman–Crippen MR) is 187 cm³/mol. The molecule has 4 aromatic rings. The van der Waals surface area contributed by atoms with Crippen LogP contribution in [0.2, 0.25) is 0 Å². The van der Waals surface area contributed by atoms with Crippen LogP contribution in [0.3, 0.4) is 0 Å². The summed E-state index contributed by atoms with van der Waals surface area (Å²) in [5.74, 6) is 4.16. The van der Waals surface area contributed by atoms with E-state index in [1.807, 2.05) is 86.6 Å². The van der Waals surface area contributed by atoms with Crippen molar-refractivity contribution >= 4 is 0 Å². The van der Waals surface area contributed by atoms with Gasteiger partial charge in [-0.25, -0.2) is 0 Å². The minimum absolute atomic E-state index is 0.0680. The average molecular weight is 673 g/mol. The second-order valence-corrected chi connectivity index (χ2v) is 12.6. The third-order valence-electron chi connectivity index (χ3n) is 9.51. The lowest BCUT2D eigenvalue weighted by Crippen LogP contribution is -2.12. The molecule has 2 N–H and O–H groups in total. The Morgan fingerprint density at radius 3 is 1.24 bits per heavy atom. The van der Waals surface area contributed by atoms with Gasteiger partial charge in [0.1, 0.15) is 36.9 Å². The van der Waals surface area contributed by atoms with E-state index >= 15 is 0 Å². The van der Waals surface area contributed by atoms with Gasteiger partial charge in [-0.1, -0.05) is 38.1 Å². The second kappa shape index (κ2) is 15.8. The molecule has 262 valence electrons. The molecule has 6 atom stereocenters. The summed E-state index contributed by atoms with van der Waals surface area (Å²) in [5.41, 5.74) is 5.34. The topological polar surface area (TPSA) is 105 Å². The minimum Gasteiger partial charge on any atom is -0.496 e. The zero-order valence-corrected chi connectivity index (χ0v) is 29.6. The summed E-state index contributed by atoms with van der Waals surface area (Å²) in [7, 11) is 6.46. The summed E-state index contributed by atoms with van der Waals surface area (Å²) in [4.78, 5) is 0. The fraction of sp³-hybridized carbons (Fsp3) is 0.400. The van der Waals surface area contributed by atoms with Gasteiger partial charge in [0.2, 0.25) is 0 Å². The minimum atomic E-state index is -0.814. The number of aryl methyl sites for hydroxylation is 2. The van der Waals surface area contributed by atoms with Crippen LogP contribution in [0.5, 0.6) is 34.5 Å². The molecule has 0 radical (unpaired) electrons. The number of aliphatic hydroxyl groups is 2. The Hall–Kier alpha value is -4.44. The highest BCUT2D eigenvalue weighted by molar-refractivity contribution is 5.46. The van der Waals surface area contributed by atoms with Crippen LogP contribution < -0.4 is 28.4 Å². The van der Waals surface area contributed by atoms with Gasteiger partial charge in [0.15, 0.2) is 23.0 Å². The number of benzene rings is 4. The lowest BCUT2D eigenvalue weighted by Gasteiger charge is -2.20. The molecule has 1 saturated heterocycles. The summed E-state index contributed by atoms with van der Waals surface area (Å²) < 4.78 is 40.8. The molecule has 1 unspecified atom stereocenters. The van der Waals surface area contributed by atoms with Gasteiger partial charge in [0.25, 0.3) is 0 Å². The third-order valence-corrected chi connectivity index (χ3v) is 9.51. The molecular weight excluding hydrogens is 624 g/mol.